The number of rotatable bonds is 2. The van der Waals surface area contributed by atoms with Gasteiger partial charge in [-0.15, -0.1) is 0 Å². The normalized spacial score (nSPS) is 13.5. The molecule has 0 aromatic rings. The van der Waals surface area contributed by atoms with Crippen molar-refractivity contribution in [3.8, 4) is 6.07 Å². The van der Waals surface area contributed by atoms with E-state index in [0.29, 0.717) is 0 Å². The molecule has 0 rings (SSSR count). The van der Waals surface area contributed by atoms with Crippen LogP contribution in [0.15, 0.2) is 21.4 Å². The average molecular weight is 277 g/mol. The van der Waals surface area contributed by atoms with Gasteiger partial charge >= 0.3 is 0 Å². The second-order valence-electron chi connectivity index (χ2n) is 3.36. The molecule has 1 nitrogen and oxygen atoms in total. The Labute approximate surface area is 83.0 Å². The Balaban J connectivity index is 4.17. The predicted molar refractivity (Wildman–Crippen MR) is 60.2 cm³/mol. The molecule has 0 spiro atoms. The number of hydrogen-bond donors (Lipinski definition) is 0. The van der Waals surface area contributed by atoms with Gasteiger partial charge in [-0.05, 0) is 22.6 Å². The van der Waals surface area contributed by atoms with E-state index in [4.69, 9.17) is 5.26 Å². The molecule has 11 heavy (non-hydrogen) atoms. The van der Waals surface area contributed by atoms with Gasteiger partial charge < -0.3 is 0 Å². The first-order valence-electron chi connectivity index (χ1n) is 3.40. The van der Waals surface area contributed by atoms with E-state index in [1.807, 2.05) is 12.1 Å². The molecule has 0 saturated heterocycles. The van der Waals surface area contributed by atoms with Gasteiger partial charge in [-0.25, -0.2) is 0 Å². The predicted octanol–water partition coefficient (Wildman–Crippen LogP) is 3.26. The zero-order valence-corrected chi connectivity index (χ0v) is 10.2. The average Bonchev–Trinajstić information content (AvgIpc) is 1.83. The molecule has 0 fully saturated rings. The lowest BCUT2D eigenvalue weighted by Gasteiger charge is -2.07. The maximum absolute atomic E-state index is 8.31. The Morgan fingerprint density at radius 2 is 2.00 bits per heavy atom. The van der Waals surface area contributed by atoms with Crippen LogP contribution in [-0.4, -0.2) is 8.07 Å². The number of hydrogen-bond acceptors (Lipinski definition) is 1. The molecule has 0 radical (unpaired) electrons. The SMILES string of the molecule is C[Si](C)(C)/C=C/C(I)=C/C#N. The minimum absolute atomic E-state index is 1.01. The van der Waals surface area contributed by atoms with Gasteiger partial charge in [-0.3, -0.25) is 0 Å². The van der Waals surface area contributed by atoms with E-state index in [9.17, 15) is 0 Å². The first-order chi connectivity index (χ1) is 4.95. The fourth-order valence-electron chi connectivity index (χ4n) is 0.439. The molecule has 0 aromatic carbocycles. The molecule has 0 N–H and O–H groups in total. The van der Waals surface area contributed by atoms with Crippen molar-refractivity contribution in [2.75, 3.05) is 0 Å². The van der Waals surface area contributed by atoms with Crippen LogP contribution in [-0.2, 0) is 0 Å². The number of halogens is 1. The van der Waals surface area contributed by atoms with Crippen LogP contribution >= 0.6 is 22.6 Å². The van der Waals surface area contributed by atoms with Crippen molar-refractivity contribution < 1.29 is 0 Å². The monoisotopic (exact) mass is 277 g/mol. The van der Waals surface area contributed by atoms with Crippen molar-refractivity contribution in [3.05, 3.63) is 21.4 Å². The van der Waals surface area contributed by atoms with E-state index >= 15 is 0 Å². The summed E-state index contributed by atoms with van der Waals surface area (Å²) in [5, 5.41) is 8.31. The van der Waals surface area contributed by atoms with Crippen molar-refractivity contribution in [1.29, 1.82) is 5.26 Å². The second-order valence-corrected chi connectivity index (χ2v) is 9.67. The lowest BCUT2D eigenvalue weighted by molar-refractivity contribution is 1.53. The summed E-state index contributed by atoms with van der Waals surface area (Å²) in [6.45, 7) is 6.79. The highest BCUT2D eigenvalue weighted by molar-refractivity contribution is 14.1. The summed E-state index contributed by atoms with van der Waals surface area (Å²) in [4.78, 5) is 0. The molecule has 3 heteroatoms. The fraction of sp³-hybridized carbons (Fsp3) is 0.375. The van der Waals surface area contributed by atoms with Crippen LogP contribution in [0.5, 0.6) is 0 Å². The van der Waals surface area contributed by atoms with Gasteiger partial charge in [0.1, 0.15) is 0 Å². The fourth-order valence-corrected chi connectivity index (χ4v) is 1.78. The summed E-state index contributed by atoms with van der Waals surface area (Å²) in [6.07, 6.45) is 3.58. The molecule has 0 aliphatic carbocycles. The van der Waals surface area contributed by atoms with Crippen LogP contribution in [0.1, 0.15) is 0 Å². The van der Waals surface area contributed by atoms with Crippen LogP contribution in [0.3, 0.4) is 0 Å². The molecule has 0 bridgehead atoms. The molecule has 0 aromatic heterocycles. The van der Waals surface area contributed by atoms with Crippen LogP contribution in [0, 0.1) is 11.3 Å². The van der Waals surface area contributed by atoms with Gasteiger partial charge in [0.25, 0.3) is 0 Å². The largest absolute Gasteiger partial charge is 0.193 e. The first-order valence-corrected chi connectivity index (χ1v) is 8.06. The highest BCUT2D eigenvalue weighted by Crippen LogP contribution is 2.10. The zero-order valence-electron chi connectivity index (χ0n) is 7.06. The molecule has 0 aliphatic rings. The van der Waals surface area contributed by atoms with E-state index < -0.39 is 8.07 Å². The van der Waals surface area contributed by atoms with Gasteiger partial charge in [0.2, 0.25) is 0 Å². The Morgan fingerprint density at radius 3 is 2.36 bits per heavy atom. The lowest BCUT2D eigenvalue weighted by Crippen LogP contribution is -2.15. The summed E-state index contributed by atoms with van der Waals surface area (Å²) in [5.74, 6) is 0. The van der Waals surface area contributed by atoms with E-state index in [0.717, 1.165) is 3.58 Å². The van der Waals surface area contributed by atoms with Crippen molar-refractivity contribution in [2.45, 2.75) is 19.6 Å². The molecule has 0 aliphatic heterocycles. The van der Waals surface area contributed by atoms with E-state index in [1.165, 1.54) is 0 Å². The summed E-state index contributed by atoms with van der Waals surface area (Å²) in [5.41, 5.74) is 2.22. The van der Waals surface area contributed by atoms with Crippen LogP contribution in [0.2, 0.25) is 19.6 Å². The minimum Gasteiger partial charge on any atom is -0.193 e. The maximum atomic E-state index is 8.31. The topological polar surface area (TPSA) is 23.8 Å². The summed E-state index contributed by atoms with van der Waals surface area (Å²) >= 11 is 2.16. The summed E-state index contributed by atoms with van der Waals surface area (Å²) in [6, 6.07) is 2.00. The molecule has 0 saturated carbocycles. The molecule has 0 amide bonds. The highest BCUT2D eigenvalue weighted by atomic mass is 127. The lowest BCUT2D eigenvalue weighted by atomic mass is 10.5. The molecule has 0 atom stereocenters. The Morgan fingerprint density at radius 1 is 1.45 bits per heavy atom. The maximum Gasteiger partial charge on any atom is 0.0923 e. The Hall–Kier alpha value is -0.0831. The van der Waals surface area contributed by atoms with Gasteiger partial charge in [0.05, 0.1) is 14.1 Å². The molecular formula is C8H12INSi. The molecular weight excluding hydrogens is 265 g/mol. The van der Waals surface area contributed by atoms with Crippen molar-refractivity contribution in [1.82, 2.24) is 0 Å². The van der Waals surface area contributed by atoms with Crippen molar-refractivity contribution in [3.63, 3.8) is 0 Å². The van der Waals surface area contributed by atoms with Crippen LogP contribution in [0.4, 0.5) is 0 Å². The van der Waals surface area contributed by atoms with Gasteiger partial charge in [0.15, 0.2) is 0 Å². The smallest absolute Gasteiger partial charge is 0.0923 e. The quantitative estimate of drug-likeness (QED) is 0.329. The molecule has 60 valence electrons. The Kier molecular flexibility index (Phi) is 4.69. The van der Waals surface area contributed by atoms with Crippen LogP contribution in [0.25, 0.3) is 0 Å². The third kappa shape index (κ3) is 7.82. The van der Waals surface area contributed by atoms with Crippen molar-refractivity contribution >= 4 is 30.7 Å². The molecule has 0 heterocycles. The summed E-state index contributed by atoms with van der Waals surface area (Å²) < 4.78 is 1.01. The van der Waals surface area contributed by atoms with E-state index in [2.05, 4.69) is 47.9 Å². The van der Waals surface area contributed by atoms with Gasteiger partial charge in [-0.1, -0.05) is 31.4 Å². The minimum atomic E-state index is -1.08. The zero-order chi connectivity index (χ0) is 8.91. The van der Waals surface area contributed by atoms with Crippen molar-refractivity contribution in [2.24, 2.45) is 0 Å². The third-order valence-electron chi connectivity index (χ3n) is 0.945. The third-order valence-corrected chi connectivity index (χ3v) is 2.78. The van der Waals surface area contributed by atoms with Gasteiger partial charge in [0, 0.05) is 9.66 Å². The van der Waals surface area contributed by atoms with E-state index in [1.54, 1.807) is 6.08 Å². The first kappa shape index (κ1) is 10.9. The number of nitrogens with zero attached hydrogens (tertiary/aromatic N) is 1. The van der Waals surface area contributed by atoms with E-state index in [-0.39, 0.29) is 0 Å². The number of nitriles is 1. The standard InChI is InChI=1S/C8H12INSi/c1-11(2,3)7-5-8(9)4-6-10/h4-5,7H,1-3H3/b7-5+,8-4-. The second kappa shape index (κ2) is 4.73. The Bertz CT molecular complexity index is 217. The highest BCUT2D eigenvalue weighted by Gasteiger charge is 2.06. The van der Waals surface area contributed by atoms with Gasteiger partial charge in [-0.2, -0.15) is 5.26 Å². The summed E-state index contributed by atoms with van der Waals surface area (Å²) in [7, 11) is -1.08. The van der Waals surface area contributed by atoms with Crippen LogP contribution < -0.4 is 0 Å². The molecule has 0 unspecified atom stereocenters. The number of allylic oxidation sites excluding steroid dienone is 3.